The van der Waals surface area contributed by atoms with Crippen LogP contribution in [0.5, 0.6) is 0 Å². The molecule has 1 aliphatic rings. The van der Waals surface area contributed by atoms with Crippen molar-refractivity contribution in [2.45, 2.75) is 45.8 Å². The first-order valence-electron chi connectivity index (χ1n) is 3.77. The Balaban J connectivity index is 2.71. The summed E-state index contributed by atoms with van der Waals surface area (Å²) in [5.74, 6) is 0.497. The van der Waals surface area contributed by atoms with Crippen molar-refractivity contribution in [3.8, 4) is 0 Å². The second-order valence-electron chi connectivity index (χ2n) is 3.94. The maximum atomic E-state index is 5.09. The van der Waals surface area contributed by atoms with Crippen LogP contribution < -0.4 is 0 Å². The predicted octanol–water partition coefficient (Wildman–Crippen LogP) is 2.14. The monoisotopic (exact) mass is 144 g/mol. The third-order valence-electron chi connectivity index (χ3n) is 2.72. The quantitative estimate of drug-likeness (QED) is 0.525. The zero-order chi connectivity index (χ0) is 7.99. The van der Waals surface area contributed by atoms with Crippen LogP contribution in [0.15, 0.2) is 0 Å². The summed E-state index contributed by atoms with van der Waals surface area (Å²) in [5, 5.41) is 0. The molecule has 0 aromatic carbocycles. The van der Waals surface area contributed by atoms with Crippen LogP contribution in [0, 0.1) is 5.92 Å². The van der Waals surface area contributed by atoms with E-state index < -0.39 is 0 Å². The standard InChI is InChI=1S/C8H16O2/c1-6(2)8(5)7(3,4)9-10-8/h6H,1-5H3. The van der Waals surface area contributed by atoms with Gasteiger partial charge in [-0.3, -0.25) is 0 Å². The molecule has 1 saturated heterocycles. The molecule has 1 atom stereocenters. The predicted molar refractivity (Wildman–Crippen MR) is 39.5 cm³/mol. The van der Waals surface area contributed by atoms with Gasteiger partial charge in [-0.25, -0.2) is 9.78 Å². The van der Waals surface area contributed by atoms with E-state index in [1.54, 1.807) is 0 Å². The molecular weight excluding hydrogens is 128 g/mol. The molecule has 0 spiro atoms. The zero-order valence-corrected chi connectivity index (χ0v) is 7.39. The van der Waals surface area contributed by atoms with E-state index in [0.29, 0.717) is 5.92 Å². The molecule has 0 bridgehead atoms. The highest BCUT2D eigenvalue weighted by molar-refractivity contribution is 4.98. The average molecular weight is 144 g/mol. The number of hydrogen-bond acceptors (Lipinski definition) is 2. The summed E-state index contributed by atoms with van der Waals surface area (Å²) in [5.41, 5.74) is -0.228. The van der Waals surface area contributed by atoms with Crippen LogP contribution in [0.4, 0.5) is 0 Å². The van der Waals surface area contributed by atoms with Gasteiger partial charge < -0.3 is 0 Å². The van der Waals surface area contributed by atoms with Gasteiger partial charge in [0.1, 0.15) is 11.2 Å². The molecule has 2 nitrogen and oxygen atoms in total. The molecule has 0 aliphatic carbocycles. The molecule has 60 valence electrons. The molecule has 0 amide bonds. The van der Waals surface area contributed by atoms with Crippen molar-refractivity contribution in [3.63, 3.8) is 0 Å². The number of hydrogen-bond donors (Lipinski definition) is 0. The van der Waals surface area contributed by atoms with Crippen molar-refractivity contribution in [3.05, 3.63) is 0 Å². The maximum absolute atomic E-state index is 5.09. The molecule has 10 heavy (non-hydrogen) atoms. The van der Waals surface area contributed by atoms with Gasteiger partial charge in [-0.15, -0.1) is 0 Å². The molecule has 0 N–H and O–H groups in total. The van der Waals surface area contributed by atoms with Crippen LogP contribution in [0.1, 0.15) is 34.6 Å². The highest BCUT2D eigenvalue weighted by Gasteiger charge is 2.56. The molecule has 2 heteroatoms. The van der Waals surface area contributed by atoms with Gasteiger partial charge in [-0.1, -0.05) is 13.8 Å². The molecule has 0 aromatic heterocycles. The second kappa shape index (κ2) is 1.95. The highest BCUT2D eigenvalue weighted by Crippen LogP contribution is 2.44. The molecule has 1 aliphatic heterocycles. The summed E-state index contributed by atoms with van der Waals surface area (Å²) in [7, 11) is 0. The minimum absolute atomic E-state index is 0.104. The third kappa shape index (κ3) is 0.789. The van der Waals surface area contributed by atoms with Crippen LogP contribution in [0.25, 0.3) is 0 Å². The first kappa shape index (κ1) is 8.02. The van der Waals surface area contributed by atoms with E-state index >= 15 is 0 Å². The molecule has 0 radical (unpaired) electrons. The van der Waals surface area contributed by atoms with E-state index in [9.17, 15) is 0 Å². The van der Waals surface area contributed by atoms with Gasteiger partial charge in [0.2, 0.25) is 0 Å². The Hall–Kier alpha value is -0.0800. The smallest absolute Gasteiger partial charge is 0.134 e. The van der Waals surface area contributed by atoms with Gasteiger partial charge in [-0.05, 0) is 26.7 Å². The van der Waals surface area contributed by atoms with Crippen molar-refractivity contribution in [1.82, 2.24) is 0 Å². The lowest BCUT2D eigenvalue weighted by atomic mass is 9.77. The molecule has 0 saturated carbocycles. The van der Waals surface area contributed by atoms with E-state index in [2.05, 4.69) is 34.6 Å². The number of rotatable bonds is 1. The molecule has 1 unspecified atom stereocenters. The van der Waals surface area contributed by atoms with Crippen LogP contribution >= 0.6 is 0 Å². The summed E-state index contributed by atoms with van der Waals surface area (Å²) < 4.78 is 0. The van der Waals surface area contributed by atoms with Gasteiger partial charge in [0.05, 0.1) is 0 Å². The third-order valence-corrected chi connectivity index (χ3v) is 2.72. The first-order chi connectivity index (χ1) is 4.40. The van der Waals surface area contributed by atoms with Crippen molar-refractivity contribution in [2.75, 3.05) is 0 Å². The Morgan fingerprint density at radius 3 is 1.50 bits per heavy atom. The molecule has 0 aromatic rings. The first-order valence-corrected chi connectivity index (χ1v) is 3.77. The minimum Gasteiger partial charge on any atom is -0.227 e. The van der Waals surface area contributed by atoms with Crippen LogP contribution in [-0.2, 0) is 9.78 Å². The SMILES string of the molecule is CC(C)C1(C)OOC1(C)C. The molecule has 1 fully saturated rings. The van der Waals surface area contributed by atoms with Gasteiger partial charge in [0.15, 0.2) is 0 Å². The van der Waals surface area contributed by atoms with Crippen LogP contribution in [0.2, 0.25) is 0 Å². The van der Waals surface area contributed by atoms with Crippen LogP contribution in [-0.4, -0.2) is 11.2 Å². The fourth-order valence-electron chi connectivity index (χ4n) is 1.13. The van der Waals surface area contributed by atoms with Crippen LogP contribution in [0.3, 0.4) is 0 Å². The topological polar surface area (TPSA) is 18.5 Å². The maximum Gasteiger partial charge on any atom is 0.134 e. The molecular formula is C8H16O2. The minimum atomic E-state index is -0.124. The van der Waals surface area contributed by atoms with Gasteiger partial charge in [-0.2, -0.15) is 0 Å². The Bertz CT molecular complexity index is 140. The average Bonchev–Trinajstić information content (AvgIpc) is 1.83. The summed E-state index contributed by atoms with van der Waals surface area (Å²) in [6.07, 6.45) is 0. The summed E-state index contributed by atoms with van der Waals surface area (Å²) in [6, 6.07) is 0. The van der Waals surface area contributed by atoms with Crippen molar-refractivity contribution in [1.29, 1.82) is 0 Å². The fourth-order valence-corrected chi connectivity index (χ4v) is 1.13. The summed E-state index contributed by atoms with van der Waals surface area (Å²) in [6.45, 7) is 10.5. The molecule has 1 heterocycles. The van der Waals surface area contributed by atoms with Gasteiger partial charge in [0, 0.05) is 0 Å². The summed E-state index contributed by atoms with van der Waals surface area (Å²) >= 11 is 0. The lowest BCUT2D eigenvalue weighted by molar-refractivity contribution is -0.549. The van der Waals surface area contributed by atoms with E-state index in [1.807, 2.05) is 0 Å². The van der Waals surface area contributed by atoms with E-state index in [0.717, 1.165) is 0 Å². The van der Waals surface area contributed by atoms with Crippen molar-refractivity contribution < 1.29 is 9.78 Å². The highest BCUT2D eigenvalue weighted by atomic mass is 17.3. The Labute approximate surface area is 62.4 Å². The van der Waals surface area contributed by atoms with Crippen molar-refractivity contribution in [2.24, 2.45) is 5.92 Å². The van der Waals surface area contributed by atoms with E-state index in [1.165, 1.54) is 0 Å². The molecule has 1 rings (SSSR count). The zero-order valence-electron chi connectivity index (χ0n) is 7.39. The lowest BCUT2D eigenvalue weighted by Gasteiger charge is -2.53. The Morgan fingerprint density at radius 1 is 1.00 bits per heavy atom. The fraction of sp³-hybridized carbons (Fsp3) is 1.00. The Morgan fingerprint density at radius 2 is 1.50 bits per heavy atom. The largest absolute Gasteiger partial charge is 0.227 e. The van der Waals surface area contributed by atoms with Crippen molar-refractivity contribution >= 4 is 0 Å². The Kier molecular flexibility index (Phi) is 1.57. The lowest BCUT2D eigenvalue weighted by Crippen LogP contribution is -2.64. The van der Waals surface area contributed by atoms with E-state index in [-0.39, 0.29) is 11.2 Å². The van der Waals surface area contributed by atoms with Gasteiger partial charge in [0.25, 0.3) is 0 Å². The van der Waals surface area contributed by atoms with Gasteiger partial charge >= 0.3 is 0 Å². The second-order valence-corrected chi connectivity index (χ2v) is 3.94. The summed E-state index contributed by atoms with van der Waals surface area (Å²) in [4.78, 5) is 10.1. The normalized spacial score (nSPS) is 37.8. The van der Waals surface area contributed by atoms with E-state index in [4.69, 9.17) is 9.78 Å².